The van der Waals surface area contributed by atoms with Crippen LogP contribution in [0.1, 0.15) is 18.4 Å². The van der Waals surface area contributed by atoms with Crippen molar-refractivity contribution in [1.82, 2.24) is 10.6 Å². The molecule has 0 radical (unpaired) electrons. The first kappa shape index (κ1) is 11.2. The molecular formula is C14H20N2O. The van der Waals surface area contributed by atoms with Crippen molar-refractivity contribution < 1.29 is 4.74 Å². The summed E-state index contributed by atoms with van der Waals surface area (Å²) in [5.41, 5.74) is 1.40. The maximum atomic E-state index is 5.98. The van der Waals surface area contributed by atoms with Crippen molar-refractivity contribution in [3.05, 3.63) is 35.9 Å². The molecule has 2 heterocycles. The number of nitrogens with one attached hydrogen (secondary N) is 2. The minimum Gasteiger partial charge on any atom is -0.372 e. The lowest BCUT2D eigenvalue weighted by Crippen LogP contribution is -2.49. The predicted molar refractivity (Wildman–Crippen MR) is 67.9 cm³/mol. The van der Waals surface area contributed by atoms with Crippen LogP contribution in [0.4, 0.5) is 0 Å². The fourth-order valence-electron chi connectivity index (χ4n) is 2.97. The van der Waals surface area contributed by atoms with Crippen LogP contribution < -0.4 is 10.6 Å². The summed E-state index contributed by atoms with van der Waals surface area (Å²) in [6.45, 7) is 3.87. The molecule has 0 bridgehead atoms. The summed E-state index contributed by atoms with van der Waals surface area (Å²) >= 11 is 0. The summed E-state index contributed by atoms with van der Waals surface area (Å²) < 4.78 is 5.98. The molecule has 0 amide bonds. The third-order valence-electron chi connectivity index (χ3n) is 3.94. The first-order chi connectivity index (χ1) is 8.39. The average Bonchev–Trinajstić information content (AvgIpc) is 3.00. The topological polar surface area (TPSA) is 33.3 Å². The second-order valence-corrected chi connectivity index (χ2v) is 5.07. The van der Waals surface area contributed by atoms with E-state index >= 15 is 0 Å². The van der Waals surface area contributed by atoms with E-state index in [2.05, 4.69) is 41.0 Å². The van der Waals surface area contributed by atoms with Crippen molar-refractivity contribution in [2.75, 3.05) is 19.7 Å². The summed E-state index contributed by atoms with van der Waals surface area (Å²) in [4.78, 5) is 0. The van der Waals surface area contributed by atoms with E-state index < -0.39 is 0 Å². The molecule has 3 rings (SSSR count). The third-order valence-corrected chi connectivity index (χ3v) is 3.94. The highest BCUT2D eigenvalue weighted by Gasteiger charge is 2.45. The van der Waals surface area contributed by atoms with Crippen LogP contribution >= 0.6 is 0 Å². The molecule has 0 aliphatic carbocycles. The summed E-state index contributed by atoms with van der Waals surface area (Å²) in [6.07, 6.45) is 2.39. The molecule has 1 aromatic rings. The Kier molecular flexibility index (Phi) is 3.14. The lowest BCUT2D eigenvalue weighted by Gasteiger charge is -2.30. The third kappa shape index (κ3) is 2.23. The molecule has 0 aromatic heterocycles. The highest BCUT2D eigenvalue weighted by molar-refractivity contribution is 5.15. The molecule has 2 aliphatic rings. The van der Waals surface area contributed by atoms with Gasteiger partial charge < -0.3 is 15.4 Å². The predicted octanol–water partition coefficient (Wildman–Crippen LogP) is 1.30. The van der Waals surface area contributed by atoms with Crippen molar-refractivity contribution >= 4 is 0 Å². The molecule has 2 fully saturated rings. The van der Waals surface area contributed by atoms with Crippen LogP contribution in [0.5, 0.6) is 0 Å². The Balaban J connectivity index is 1.61. The molecule has 0 unspecified atom stereocenters. The molecule has 92 valence electrons. The summed E-state index contributed by atoms with van der Waals surface area (Å²) in [7, 11) is 0. The zero-order chi connectivity index (χ0) is 11.6. The van der Waals surface area contributed by atoms with Gasteiger partial charge in [0.2, 0.25) is 0 Å². The summed E-state index contributed by atoms with van der Waals surface area (Å²) in [6, 6.07) is 11.0. The van der Waals surface area contributed by atoms with Crippen molar-refractivity contribution in [3.8, 4) is 0 Å². The minimum absolute atomic E-state index is 0.0643. The molecule has 0 saturated carbocycles. The first-order valence-electron chi connectivity index (χ1n) is 6.51. The van der Waals surface area contributed by atoms with E-state index in [0.29, 0.717) is 6.04 Å². The van der Waals surface area contributed by atoms with E-state index in [1.54, 1.807) is 0 Å². The molecule has 2 N–H and O–H groups in total. The highest BCUT2D eigenvalue weighted by Crippen LogP contribution is 2.31. The van der Waals surface area contributed by atoms with E-state index in [9.17, 15) is 0 Å². The Morgan fingerprint density at radius 3 is 3.00 bits per heavy atom. The van der Waals surface area contributed by atoms with E-state index in [0.717, 1.165) is 26.2 Å². The quantitative estimate of drug-likeness (QED) is 0.824. The van der Waals surface area contributed by atoms with Crippen LogP contribution in [-0.2, 0) is 11.3 Å². The lowest BCUT2D eigenvalue weighted by molar-refractivity contribution is 0.000187. The number of hydrogen-bond acceptors (Lipinski definition) is 3. The smallest absolute Gasteiger partial charge is 0.0971 e. The molecule has 2 saturated heterocycles. The van der Waals surface area contributed by atoms with Crippen LogP contribution in [-0.4, -0.2) is 31.3 Å². The van der Waals surface area contributed by atoms with Crippen molar-refractivity contribution in [1.29, 1.82) is 0 Å². The van der Waals surface area contributed by atoms with Gasteiger partial charge in [-0.3, -0.25) is 0 Å². The maximum Gasteiger partial charge on any atom is 0.0971 e. The second-order valence-electron chi connectivity index (χ2n) is 5.07. The fourth-order valence-corrected chi connectivity index (χ4v) is 2.97. The lowest BCUT2D eigenvalue weighted by atomic mass is 9.94. The Bertz CT molecular complexity index is 354. The van der Waals surface area contributed by atoms with Gasteiger partial charge in [0, 0.05) is 26.2 Å². The van der Waals surface area contributed by atoms with Crippen LogP contribution in [0, 0.1) is 0 Å². The molecule has 3 nitrogen and oxygen atoms in total. The van der Waals surface area contributed by atoms with Gasteiger partial charge in [-0.25, -0.2) is 0 Å². The van der Waals surface area contributed by atoms with Gasteiger partial charge >= 0.3 is 0 Å². The molecule has 2 aliphatic heterocycles. The van der Waals surface area contributed by atoms with Gasteiger partial charge in [0.05, 0.1) is 11.6 Å². The van der Waals surface area contributed by atoms with Gasteiger partial charge in [0.15, 0.2) is 0 Å². The van der Waals surface area contributed by atoms with Crippen molar-refractivity contribution in [2.45, 2.75) is 31.0 Å². The van der Waals surface area contributed by atoms with Crippen molar-refractivity contribution in [3.63, 3.8) is 0 Å². The highest BCUT2D eigenvalue weighted by atomic mass is 16.5. The minimum atomic E-state index is 0.0643. The Hall–Kier alpha value is -0.900. The molecule has 1 spiro atoms. The van der Waals surface area contributed by atoms with E-state index in [-0.39, 0.29) is 5.60 Å². The molecule has 17 heavy (non-hydrogen) atoms. The summed E-state index contributed by atoms with van der Waals surface area (Å²) in [5, 5.41) is 7.10. The number of rotatable bonds is 3. The van der Waals surface area contributed by atoms with Gasteiger partial charge in [-0.1, -0.05) is 30.3 Å². The zero-order valence-electron chi connectivity index (χ0n) is 10.1. The van der Waals surface area contributed by atoms with Gasteiger partial charge in [-0.15, -0.1) is 0 Å². The van der Waals surface area contributed by atoms with Gasteiger partial charge in [-0.2, -0.15) is 0 Å². The molecule has 3 heteroatoms. The fraction of sp³-hybridized carbons (Fsp3) is 0.571. The standard InChI is InChI=1S/C14H20N2O/c1-2-5-12(6-3-1)9-16-13-10-15-11-14(13)7-4-8-17-14/h1-3,5-6,13,15-16H,4,7-11H2/t13-,14-/m1/s1. The Morgan fingerprint density at radius 2 is 2.24 bits per heavy atom. The molecule has 1 aromatic carbocycles. The summed E-state index contributed by atoms with van der Waals surface area (Å²) in [5.74, 6) is 0. The van der Waals surface area contributed by atoms with Gasteiger partial charge in [0.25, 0.3) is 0 Å². The number of hydrogen-bond donors (Lipinski definition) is 2. The van der Waals surface area contributed by atoms with E-state index in [1.165, 1.54) is 18.4 Å². The number of ether oxygens (including phenoxy) is 1. The largest absolute Gasteiger partial charge is 0.372 e. The molecule has 2 atom stereocenters. The van der Waals surface area contributed by atoms with Crippen LogP contribution in [0.2, 0.25) is 0 Å². The zero-order valence-corrected chi connectivity index (χ0v) is 10.1. The monoisotopic (exact) mass is 232 g/mol. The molecular weight excluding hydrogens is 212 g/mol. The number of benzene rings is 1. The van der Waals surface area contributed by atoms with Crippen LogP contribution in [0.25, 0.3) is 0 Å². The maximum absolute atomic E-state index is 5.98. The van der Waals surface area contributed by atoms with Crippen LogP contribution in [0.15, 0.2) is 30.3 Å². The van der Waals surface area contributed by atoms with Gasteiger partial charge in [-0.05, 0) is 18.4 Å². The first-order valence-corrected chi connectivity index (χ1v) is 6.51. The average molecular weight is 232 g/mol. The Morgan fingerprint density at radius 1 is 1.35 bits per heavy atom. The van der Waals surface area contributed by atoms with Gasteiger partial charge in [0.1, 0.15) is 0 Å². The van der Waals surface area contributed by atoms with Crippen molar-refractivity contribution in [2.24, 2.45) is 0 Å². The SMILES string of the molecule is c1ccc(CN[C@@H]2CNC[C@]23CCCO3)cc1. The Labute approximate surface area is 103 Å². The second kappa shape index (κ2) is 4.77. The normalized spacial score (nSPS) is 32.4. The van der Waals surface area contributed by atoms with E-state index in [1.807, 2.05) is 0 Å². The van der Waals surface area contributed by atoms with E-state index in [4.69, 9.17) is 4.74 Å². The van der Waals surface area contributed by atoms with Crippen LogP contribution in [0.3, 0.4) is 0 Å².